The summed E-state index contributed by atoms with van der Waals surface area (Å²) in [5.74, 6) is 0.0277. The number of likely N-dealkylation sites (N-methyl/N-ethyl adjacent to an activating group) is 2. The number of nitrogens with one attached hydrogen (secondary N) is 1. The summed E-state index contributed by atoms with van der Waals surface area (Å²) in [5.41, 5.74) is 7.46. The Morgan fingerprint density at radius 2 is 2.33 bits per heavy atom. The normalized spacial score (nSPS) is 19.7. The molecule has 21 heavy (non-hydrogen) atoms. The van der Waals surface area contributed by atoms with E-state index in [1.807, 2.05) is 31.3 Å². The lowest BCUT2D eigenvalue weighted by atomic mass is 10.1. The van der Waals surface area contributed by atoms with Gasteiger partial charge in [0.05, 0.1) is 6.54 Å². The molecule has 1 amide bonds. The molecule has 1 aromatic carbocycles. The van der Waals surface area contributed by atoms with Crippen LogP contribution in [0.3, 0.4) is 0 Å². The summed E-state index contributed by atoms with van der Waals surface area (Å²) in [6.45, 7) is 3.10. The molecule has 0 bridgehead atoms. The maximum atomic E-state index is 12.1. The second kappa shape index (κ2) is 7.54. The molecule has 5 nitrogen and oxygen atoms in total. The number of anilines is 1. The number of rotatable bonds is 5. The third-order valence-corrected chi connectivity index (χ3v) is 4.06. The molecule has 0 aliphatic carbocycles. The third-order valence-electron chi connectivity index (χ3n) is 4.06. The monoisotopic (exact) mass is 290 g/mol. The molecule has 116 valence electrons. The lowest BCUT2D eigenvalue weighted by molar-refractivity contribution is -0.117. The van der Waals surface area contributed by atoms with Crippen molar-refractivity contribution in [1.29, 1.82) is 0 Å². The number of carbonyl (C=O) groups excluding carboxylic acids is 1. The molecular formula is C16H26N4O. The van der Waals surface area contributed by atoms with Crippen LogP contribution >= 0.6 is 0 Å². The SMILES string of the molecule is CN1CCCC(N(C)CC(=O)Nc2cccc(CN)c2)C1. The Morgan fingerprint density at radius 1 is 1.52 bits per heavy atom. The number of likely N-dealkylation sites (tertiary alicyclic amines) is 1. The van der Waals surface area contributed by atoms with Gasteiger partial charge in [0.15, 0.2) is 0 Å². The number of nitrogens with zero attached hydrogens (tertiary/aromatic N) is 2. The van der Waals surface area contributed by atoms with Crippen molar-refractivity contribution in [3.05, 3.63) is 29.8 Å². The summed E-state index contributed by atoms with van der Waals surface area (Å²) in [7, 11) is 4.16. The number of amides is 1. The van der Waals surface area contributed by atoms with E-state index in [2.05, 4.69) is 22.2 Å². The van der Waals surface area contributed by atoms with Crippen LogP contribution < -0.4 is 11.1 Å². The summed E-state index contributed by atoms with van der Waals surface area (Å²) in [4.78, 5) is 16.6. The summed E-state index contributed by atoms with van der Waals surface area (Å²) in [5, 5.41) is 2.95. The van der Waals surface area contributed by atoms with Gasteiger partial charge in [-0.25, -0.2) is 0 Å². The molecule has 5 heteroatoms. The van der Waals surface area contributed by atoms with Gasteiger partial charge in [0, 0.05) is 24.8 Å². The molecule has 3 N–H and O–H groups in total. The molecule has 2 rings (SSSR count). The van der Waals surface area contributed by atoms with Crippen LogP contribution in [0, 0.1) is 0 Å². The number of carbonyl (C=O) groups is 1. The Hall–Kier alpha value is -1.43. The Kier molecular flexibility index (Phi) is 5.73. The number of hydrogen-bond acceptors (Lipinski definition) is 4. The van der Waals surface area contributed by atoms with Gasteiger partial charge in [-0.2, -0.15) is 0 Å². The van der Waals surface area contributed by atoms with Gasteiger partial charge in [-0.05, 0) is 51.2 Å². The molecular weight excluding hydrogens is 264 g/mol. The predicted molar refractivity (Wildman–Crippen MR) is 86.1 cm³/mol. The Labute approximate surface area is 127 Å². The van der Waals surface area contributed by atoms with Crippen LogP contribution in [-0.2, 0) is 11.3 Å². The smallest absolute Gasteiger partial charge is 0.238 e. The third kappa shape index (κ3) is 4.81. The first-order valence-electron chi connectivity index (χ1n) is 7.56. The molecule has 0 aromatic heterocycles. The Bertz CT molecular complexity index is 477. The molecule has 0 radical (unpaired) electrons. The maximum Gasteiger partial charge on any atom is 0.238 e. The van der Waals surface area contributed by atoms with E-state index in [1.54, 1.807) is 0 Å². The van der Waals surface area contributed by atoms with Gasteiger partial charge >= 0.3 is 0 Å². The second-order valence-corrected chi connectivity index (χ2v) is 5.93. The van der Waals surface area contributed by atoms with E-state index in [0.717, 1.165) is 30.8 Å². The molecule has 1 heterocycles. The van der Waals surface area contributed by atoms with Crippen molar-refractivity contribution in [3.63, 3.8) is 0 Å². The maximum absolute atomic E-state index is 12.1. The zero-order valence-electron chi connectivity index (χ0n) is 13.0. The van der Waals surface area contributed by atoms with Gasteiger partial charge in [-0.15, -0.1) is 0 Å². The minimum Gasteiger partial charge on any atom is -0.326 e. The topological polar surface area (TPSA) is 61.6 Å². The first-order chi connectivity index (χ1) is 10.1. The molecule has 1 atom stereocenters. The summed E-state index contributed by atoms with van der Waals surface area (Å²) < 4.78 is 0. The van der Waals surface area contributed by atoms with E-state index in [9.17, 15) is 4.79 Å². The van der Waals surface area contributed by atoms with Crippen LogP contribution in [0.1, 0.15) is 18.4 Å². The molecule has 0 spiro atoms. The Balaban J connectivity index is 1.85. The fraction of sp³-hybridized carbons (Fsp3) is 0.562. The quantitative estimate of drug-likeness (QED) is 0.853. The van der Waals surface area contributed by atoms with Gasteiger partial charge in [-0.1, -0.05) is 12.1 Å². The van der Waals surface area contributed by atoms with Crippen LogP contribution in [0.25, 0.3) is 0 Å². The summed E-state index contributed by atoms with van der Waals surface area (Å²) in [6.07, 6.45) is 2.36. The highest BCUT2D eigenvalue weighted by atomic mass is 16.2. The zero-order valence-corrected chi connectivity index (χ0v) is 13.0. The van der Waals surface area contributed by atoms with Gasteiger partial charge in [0.1, 0.15) is 0 Å². The number of hydrogen-bond donors (Lipinski definition) is 2. The molecule has 1 aliphatic heterocycles. The van der Waals surface area contributed by atoms with E-state index in [0.29, 0.717) is 19.1 Å². The molecule has 1 saturated heterocycles. The van der Waals surface area contributed by atoms with Crippen molar-refractivity contribution >= 4 is 11.6 Å². The second-order valence-electron chi connectivity index (χ2n) is 5.93. The fourth-order valence-corrected chi connectivity index (χ4v) is 2.83. The van der Waals surface area contributed by atoms with E-state index in [4.69, 9.17) is 5.73 Å². The fourth-order valence-electron chi connectivity index (χ4n) is 2.83. The molecule has 1 fully saturated rings. The first-order valence-corrected chi connectivity index (χ1v) is 7.56. The Morgan fingerprint density at radius 3 is 3.05 bits per heavy atom. The average molecular weight is 290 g/mol. The first kappa shape index (κ1) is 15.9. The van der Waals surface area contributed by atoms with E-state index in [-0.39, 0.29) is 5.91 Å². The van der Waals surface area contributed by atoms with Crippen molar-refractivity contribution in [2.24, 2.45) is 5.73 Å². The van der Waals surface area contributed by atoms with Gasteiger partial charge in [0.25, 0.3) is 0 Å². The molecule has 1 aromatic rings. The number of nitrogens with two attached hydrogens (primary N) is 1. The van der Waals surface area contributed by atoms with E-state index in [1.165, 1.54) is 6.42 Å². The van der Waals surface area contributed by atoms with E-state index < -0.39 is 0 Å². The lowest BCUT2D eigenvalue weighted by Gasteiger charge is -2.35. The van der Waals surface area contributed by atoms with Crippen molar-refractivity contribution in [2.75, 3.05) is 39.0 Å². The molecule has 1 unspecified atom stereocenters. The largest absolute Gasteiger partial charge is 0.326 e. The van der Waals surface area contributed by atoms with Crippen LogP contribution in [0.15, 0.2) is 24.3 Å². The zero-order chi connectivity index (χ0) is 15.2. The lowest BCUT2D eigenvalue weighted by Crippen LogP contribution is -2.47. The summed E-state index contributed by atoms with van der Waals surface area (Å²) in [6, 6.07) is 8.15. The van der Waals surface area contributed by atoms with Crippen LogP contribution in [-0.4, -0.2) is 55.5 Å². The standard InChI is InChI=1S/C16H26N4O/c1-19-8-4-7-15(11-19)20(2)12-16(21)18-14-6-3-5-13(9-14)10-17/h3,5-6,9,15H,4,7-8,10-12,17H2,1-2H3,(H,18,21). The van der Waals surface area contributed by atoms with Crippen LogP contribution in [0.5, 0.6) is 0 Å². The highest BCUT2D eigenvalue weighted by Gasteiger charge is 2.22. The average Bonchev–Trinajstić information content (AvgIpc) is 2.47. The van der Waals surface area contributed by atoms with Crippen LogP contribution in [0.4, 0.5) is 5.69 Å². The highest BCUT2D eigenvalue weighted by Crippen LogP contribution is 2.14. The summed E-state index contributed by atoms with van der Waals surface area (Å²) >= 11 is 0. The minimum atomic E-state index is 0.0277. The molecule has 1 aliphatic rings. The number of benzene rings is 1. The molecule has 0 saturated carbocycles. The van der Waals surface area contributed by atoms with Crippen molar-refractivity contribution in [2.45, 2.75) is 25.4 Å². The van der Waals surface area contributed by atoms with Gasteiger partial charge in [-0.3, -0.25) is 9.69 Å². The van der Waals surface area contributed by atoms with Crippen LogP contribution in [0.2, 0.25) is 0 Å². The highest BCUT2D eigenvalue weighted by molar-refractivity contribution is 5.92. The van der Waals surface area contributed by atoms with E-state index >= 15 is 0 Å². The van der Waals surface area contributed by atoms with Gasteiger partial charge < -0.3 is 16.0 Å². The van der Waals surface area contributed by atoms with Gasteiger partial charge in [0.2, 0.25) is 5.91 Å². The van der Waals surface area contributed by atoms with Crippen molar-refractivity contribution < 1.29 is 4.79 Å². The minimum absolute atomic E-state index is 0.0277. The van der Waals surface area contributed by atoms with Crippen molar-refractivity contribution in [3.8, 4) is 0 Å². The number of piperidine rings is 1. The predicted octanol–water partition coefficient (Wildman–Crippen LogP) is 1.11. The van der Waals surface area contributed by atoms with Crippen molar-refractivity contribution in [1.82, 2.24) is 9.80 Å².